The van der Waals surface area contributed by atoms with Gasteiger partial charge in [0.15, 0.2) is 0 Å². The average molecular weight is 286 g/mol. The molecule has 0 N–H and O–H groups in total. The van der Waals surface area contributed by atoms with Crippen molar-refractivity contribution in [3.8, 4) is 0 Å². The Morgan fingerprint density at radius 2 is 2.26 bits per heavy atom. The van der Waals surface area contributed by atoms with Crippen LogP contribution < -0.4 is 0 Å². The van der Waals surface area contributed by atoms with Crippen molar-refractivity contribution in [3.63, 3.8) is 0 Å². The number of ether oxygens (including phenoxy) is 1. The molecule has 1 aromatic rings. The Labute approximate surface area is 117 Å². The lowest BCUT2D eigenvalue weighted by atomic mass is 10.1. The Morgan fingerprint density at radius 3 is 2.95 bits per heavy atom. The number of hydrogen-bond donors (Lipinski definition) is 0. The van der Waals surface area contributed by atoms with E-state index in [0.29, 0.717) is 19.0 Å². The van der Waals surface area contributed by atoms with Crippen LogP contribution in [-0.2, 0) is 4.74 Å². The lowest BCUT2D eigenvalue weighted by Crippen LogP contribution is -2.50. The quantitative estimate of drug-likeness (QED) is 0.782. The molecule has 2 unspecified atom stereocenters. The molecular formula is C14H17ClFNO2. The molecule has 1 aliphatic heterocycles. The molecule has 1 amide bonds. The summed E-state index contributed by atoms with van der Waals surface area (Å²) >= 11 is 5.78. The highest BCUT2D eigenvalue weighted by Crippen LogP contribution is 2.18. The van der Waals surface area contributed by atoms with E-state index in [0.717, 1.165) is 5.56 Å². The van der Waals surface area contributed by atoms with Gasteiger partial charge in [-0.1, -0.05) is 11.6 Å². The molecule has 1 fully saturated rings. The van der Waals surface area contributed by atoms with Crippen molar-refractivity contribution >= 4 is 17.5 Å². The second-order valence-electron chi connectivity index (χ2n) is 4.92. The van der Waals surface area contributed by atoms with Gasteiger partial charge in [-0.05, 0) is 26.0 Å². The number of aryl methyl sites for hydroxylation is 1. The molecule has 0 aliphatic carbocycles. The number of rotatable bonds is 2. The topological polar surface area (TPSA) is 29.5 Å². The molecule has 1 heterocycles. The number of alkyl halides is 1. The van der Waals surface area contributed by atoms with Gasteiger partial charge in [-0.15, -0.1) is 11.6 Å². The molecule has 0 radical (unpaired) electrons. The van der Waals surface area contributed by atoms with Crippen molar-refractivity contribution in [1.82, 2.24) is 4.90 Å². The van der Waals surface area contributed by atoms with Crippen molar-refractivity contribution in [3.05, 3.63) is 35.1 Å². The van der Waals surface area contributed by atoms with Gasteiger partial charge in [0, 0.05) is 13.1 Å². The monoisotopic (exact) mass is 285 g/mol. The maximum Gasteiger partial charge on any atom is 0.257 e. The number of carbonyl (C=O) groups is 1. The lowest BCUT2D eigenvalue weighted by Gasteiger charge is -2.36. The third kappa shape index (κ3) is 3.25. The molecule has 5 heteroatoms. The molecule has 0 bridgehead atoms. The van der Waals surface area contributed by atoms with Crippen LogP contribution in [0, 0.1) is 12.7 Å². The number of amides is 1. The molecule has 0 aromatic heterocycles. The summed E-state index contributed by atoms with van der Waals surface area (Å²) in [6.07, 6.45) is -0.281. The van der Waals surface area contributed by atoms with Crippen molar-refractivity contribution in [1.29, 1.82) is 0 Å². The summed E-state index contributed by atoms with van der Waals surface area (Å²) in [7, 11) is 0. The van der Waals surface area contributed by atoms with Gasteiger partial charge in [0.1, 0.15) is 5.82 Å². The highest BCUT2D eigenvalue weighted by Gasteiger charge is 2.29. The number of benzene rings is 1. The number of hydrogen-bond acceptors (Lipinski definition) is 2. The van der Waals surface area contributed by atoms with Gasteiger partial charge in [-0.2, -0.15) is 0 Å². The Hall–Kier alpha value is -1.13. The standard InChI is InChI=1S/C14H17ClFNO2/c1-9-3-4-13(16)12(5-9)14(18)17-7-10(2)19-11(6-15)8-17/h3-5,10-11H,6-8H2,1-2H3. The van der Waals surface area contributed by atoms with Gasteiger partial charge in [0.2, 0.25) is 0 Å². The Kier molecular flexibility index (Phi) is 4.42. The molecule has 104 valence electrons. The van der Waals surface area contributed by atoms with Crippen molar-refractivity contribution in [2.45, 2.75) is 26.1 Å². The van der Waals surface area contributed by atoms with Crippen LogP contribution in [0.2, 0.25) is 0 Å². The van der Waals surface area contributed by atoms with E-state index in [1.807, 2.05) is 13.8 Å². The summed E-state index contributed by atoms with van der Waals surface area (Å²) in [5.74, 6) is -0.464. The minimum Gasteiger partial charge on any atom is -0.370 e. The first-order valence-electron chi connectivity index (χ1n) is 6.28. The summed E-state index contributed by atoms with van der Waals surface area (Å²) in [5.41, 5.74) is 0.974. The van der Waals surface area contributed by atoms with Gasteiger partial charge in [-0.3, -0.25) is 4.79 Å². The zero-order chi connectivity index (χ0) is 14.0. The fraction of sp³-hybridized carbons (Fsp3) is 0.500. The fourth-order valence-electron chi connectivity index (χ4n) is 2.27. The van der Waals surface area contributed by atoms with Crippen LogP contribution in [0.25, 0.3) is 0 Å². The van der Waals surface area contributed by atoms with Crippen LogP contribution in [0.1, 0.15) is 22.8 Å². The minimum atomic E-state index is -0.489. The van der Waals surface area contributed by atoms with Crippen molar-refractivity contribution < 1.29 is 13.9 Å². The summed E-state index contributed by atoms with van der Waals surface area (Å²) in [5, 5.41) is 0. The second-order valence-corrected chi connectivity index (χ2v) is 5.23. The normalized spacial score (nSPS) is 23.5. The summed E-state index contributed by atoms with van der Waals surface area (Å²) < 4.78 is 19.3. The third-order valence-corrected chi connectivity index (χ3v) is 3.48. The first kappa shape index (κ1) is 14.3. The van der Waals surface area contributed by atoms with E-state index in [9.17, 15) is 9.18 Å². The van der Waals surface area contributed by atoms with Crippen LogP contribution in [0.3, 0.4) is 0 Å². The molecular weight excluding hydrogens is 269 g/mol. The highest BCUT2D eigenvalue weighted by atomic mass is 35.5. The van der Waals surface area contributed by atoms with Crippen LogP contribution in [0.5, 0.6) is 0 Å². The second kappa shape index (κ2) is 5.88. The van der Waals surface area contributed by atoms with Gasteiger partial charge in [0.25, 0.3) is 5.91 Å². The summed E-state index contributed by atoms with van der Waals surface area (Å²) in [4.78, 5) is 14.0. The van der Waals surface area contributed by atoms with Crippen molar-refractivity contribution in [2.75, 3.05) is 19.0 Å². The van der Waals surface area contributed by atoms with Gasteiger partial charge in [-0.25, -0.2) is 4.39 Å². The SMILES string of the molecule is Cc1ccc(F)c(C(=O)N2CC(C)OC(CCl)C2)c1. The van der Waals surface area contributed by atoms with Gasteiger partial charge in [0.05, 0.1) is 23.7 Å². The molecule has 2 atom stereocenters. The van der Waals surface area contributed by atoms with E-state index in [1.54, 1.807) is 17.0 Å². The molecule has 19 heavy (non-hydrogen) atoms. The first-order chi connectivity index (χ1) is 9.01. The fourth-order valence-corrected chi connectivity index (χ4v) is 2.44. The molecule has 0 saturated carbocycles. The van der Waals surface area contributed by atoms with Crippen LogP contribution in [0.15, 0.2) is 18.2 Å². The minimum absolute atomic E-state index is 0.0886. The lowest BCUT2D eigenvalue weighted by molar-refractivity contribution is -0.0571. The molecule has 1 aromatic carbocycles. The highest BCUT2D eigenvalue weighted by molar-refractivity contribution is 6.18. The van der Waals surface area contributed by atoms with E-state index >= 15 is 0 Å². The smallest absolute Gasteiger partial charge is 0.257 e. The number of nitrogens with zero attached hydrogens (tertiary/aromatic N) is 1. The maximum absolute atomic E-state index is 13.7. The molecule has 1 aliphatic rings. The maximum atomic E-state index is 13.7. The van der Waals surface area contributed by atoms with E-state index in [1.165, 1.54) is 6.07 Å². The number of morpholine rings is 1. The number of halogens is 2. The average Bonchev–Trinajstić information content (AvgIpc) is 2.40. The Morgan fingerprint density at radius 1 is 1.53 bits per heavy atom. The first-order valence-corrected chi connectivity index (χ1v) is 6.81. The van der Waals surface area contributed by atoms with Crippen LogP contribution >= 0.6 is 11.6 Å². The van der Waals surface area contributed by atoms with Gasteiger partial charge < -0.3 is 9.64 Å². The zero-order valence-corrected chi connectivity index (χ0v) is 11.8. The summed E-state index contributed by atoms with van der Waals surface area (Å²) in [6, 6.07) is 4.55. The Bertz CT molecular complexity index is 481. The summed E-state index contributed by atoms with van der Waals surface area (Å²) in [6.45, 7) is 4.57. The zero-order valence-electron chi connectivity index (χ0n) is 11.0. The third-order valence-electron chi connectivity index (χ3n) is 3.14. The van der Waals surface area contributed by atoms with E-state index in [2.05, 4.69) is 0 Å². The van der Waals surface area contributed by atoms with E-state index in [4.69, 9.17) is 16.3 Å². The predicted molar refractivity (Wildman–Crippen MR) is 72.1 cm³/mol. The molecule has 2 rings (SSSR count). The molecule has 3 nitrogen and oxygen atoms in total. The van der Waals surface area contributed by atoms with Crippen molar-refractivity contribution in [2.24, 2.45) is 0 Å². The van der Waals surface area contributed by atoms with Crippen LogP contribution in [-0.4, -0.2) is 42.0 Å². The molecule has 0 spiro atoms. The Balaban J connectivity index is 2.21. The molecule has 1 saturated heterocycles. The number of carbonyl (C=O) groups excluding carboxylic acids is 1. The van der Waals surface area contributed by atoms with Gasteiger partial charge >= 0.3 is 0 Å². The largest absolute Gasteiger partial charge is 0.370 e. The van der Waals surface area contributed by atoms with E-state index < -0.39 is 5.82 Å². The van der Waals surface area contributed by atoms with E-state index in [-0.39, 0.29) is 23.7 Å². The van der Waals surface area contributed by atoms with Crippen LogP contribution in [0.4, 0.5) is 4.39 Å². The predicted octanol–water partition coefficient (Wildman–Crippen LogP) is 2.60.